The molecule has 0 aliphatic carbocycles. The van der Waals surface area contributed by atoms with Gasteiger partial charge in [-0.25, -0.2) is 10.4 Å². The number of carbonyl (C=O) groups excluding carboxylic acids is 1. The number of ether oxygens (including phenoxy) is 1. The quantitative estimate of drug-likeness (QED) is 0.366. The fourth-order valence-electron chi connectivity index (χ4n) is 3.28. The van der Waals surface area contributed by atoms with E-state index in [1.54, 1.807) is 25.1 Å². The molecule has 0 radical (unpaired) electrons. The molecule has 0 aliphatic rings. The number of phenols is 1. The summed E-state index contributed by atoms with van der Waals surface area (Å²) in [5.74, 6) is 0.0478. The molecule has 0 aliphatic heterocycles. The number of fused-ring (bicyclic) bond motifs is 1. The number of carbonyl (C=O) groups is 1. The summed E-state index contributed by atoms with van der Waals surface area (Å²) < 4.78 is 5.13. The maximum Gasteiger partial charge on any atom is 0.272 e. The standard InChI is InChI=1S/C25H21N3O3/c1-16(18-12-13-23(29)24(14-18)31-2)27-28-25(30)20-15-22(17-8-4-3-5-9-17)26-21-11-7-6-10-19(20)21/h3-15,29H,1-2H3,(H,28,30)/b27-16-. The van der Waals surface area contributed by atoms with Crippen molar-refractivity contribution in [1.82, 2.24) is 10.4 Å². The topological polar surface area (TPSA) is 83.8 Å². The minimum Gasteiger partial charge on any atom is -0.504 e. The number of amides is 1. The Hall–Kier alpha value is -4.19. The average molecular weight is 411 g/mol. The number of para-hydroxylation sites is 1. The highest BCUT2D eigenvalue weighted by Gasteiger charge is 2.14. The van der Waals surface area contributed by atoms with Gasteiger partial charge in [-0.05, 0) is 37.3 Å². The monoisotopic (exact) mass is 411 g/mol. The van der Waals surface area contributed by atoms with E-state index >= 15 is 0 Å². The molecule has 1 amide bonds. The van der Waals surface area contributed by atoms with Crippen LogP contribution in [0.4, 0.5) is 0 Å². The van der Waals surface area contributed by atoms with Crippen LogP contribution in [0.3, 0.4) is 0 Å². The first kappa shape index (κ1) is 20.1. The molecule has 0 atom stereocenters. The van der Waals surface area contributed by atoms with Crippen LogP contribution in [0.1, 0.15) is 22.8 Å². The van der Waals surface area contributed by atoms with Gasteiger partial charge in [-0.3, -0.25) is 4.79 Å². The van der Waals surface area contributed by atoms with Gasteiger partial charge in [0.25, 0.3) is 5.91 Å². The summed E-state index contributed by atoms with van der Waals surface area (Å²) in [6, 6.07) is 23.9. The Morgan fingerprint density at radius 1 is 1.00 bits per heavy atom. The van der Waals surface area contributed by atoms with Gasteiger partial charge in [-0.15, -0.1) is 0 Å². The molecule has 3 aromatic carbocycles. The van der Waals surface area contributed by atoms with Gasteiger partial charge >= 0.3 is 0 Å². The van der Waals surface area contributed by atoms with Crippen molar-refractivity contribution in [2.24, 2.45) is 5.10 Å². The summed E-state index contributed by atoms with van der Waals surface area (Å²) in [5, 5.41) is 14.8. The van der Waals surface area contributed by atoms with Crippen molar-refractivity contribution < 1.29 is 14.6 Å². The summed E-state index contributed by atoms with van der Waals surface area (Å²) in [6.45, 7) is 1.77. The van der Waals surface area contributed by atoms with Gasteiger partial charge in [0.15, 0.2) is 11.5 Å². The van der Waals surface area contributed by atoms with Crippen molar-refractivity contribution in [3.63, 3.8) is 0 Å². The van der Waals surface area contributed by atoms with E-state index in [9.17, 15) is 9.90 Å². The van der Waals surface area contributed by atoms with Crippen molar-refractivity contribution in [2.45, 2.75) is 6.92 Å². The number of aromatic hydroxyl groups is 1. The summed E-state index contributed by atoms with van der Waals surface area (Å²) in [5.41, 5.74) is 6.81. The number of pyridine rings is 1. The first-order valence-electron chi connectivity index (χ1n) is 9.74. The van der Waals surface area contributed by atoms with Crippen LogP contribution in [0.15, 0.2) is 84.0 Å². The lowest BCUT2D eigenvalue weighted by Gasteiger charge is -2.10. The number of benzene rings is 3. The van der Waals surface area contributed by atoms with Crippen LogP contribution in [0.5, 0.6) is 11.5 Å². The van der Waals surface area contributed by atoms with Crippen molar-refractivity contribution in [1.29, 1.82) is 0 Å². The number of nitrogens with one attached hydrogen (secondary N) is 1. The molecule has 31 heavy (non-hydrogen) atoms. The number of methoxy groups -OCH3 is 1. The van der Waals surface area contributed by atoms with Crippen molar-refractivity contribution in [2.75, 3.05) is 7.11 Å². The predicted octanol–water partition coefficient (Wildman–Crippen LogP) is 4.77. The molecular formula is C25H21N3O3. The molecule has 1 heterocycles. The second kappa shape index (κ2) is 8.67. The Morgan fingerprint density at radius 3 is 2.52 bits per heavy atom. The third-order valence-electron chi connectivity index (χ3n) is 4.95. The Labute approximate surface area is 179 Å². The van der Waals surface area contributed by atoms with E-state index in [1.807, 2.05) is 54.6 Å². The van der Waals surface area contributed by atoms with Crippen molar-refractivity contribution >= 4 is 22.5 Å². The molecule has 154 valence electrons. The zero-order valence-corrected chi connectivity index (χ0v) is 17.2. The maximum atomic E-state index is 13.0. The van der Waals surface area contributed by atoms with Crippen LogP contribution < -0.4 is 10.2 Å². The molecule has 0 saturated carbocycles. The predicted molar refractivity (Wildman–Crippen MR) is 122 cm³/mol. The highest BCUT2D eigenvalue weighted by Crippen LogP contribution is 2.27. The lowest BCUT2D eigenvalue weighted by atomic mass is 10.0. The molecule has 1 aromatic heterocycles. The number of hydrogen-bond acceptors (Lipinski definition) is 5. The summed E-state index contributed by atoms with van der Waals surface area (Å²) in [6.07, 6.45) is 0. The number of rotatable bonds is 5. The van der Waals surface area contributed by atoms with E-state index in [1.165, 1.54) is 13.2 Å². The average Bonchev–Trinajstić information content (AvgIpc) is 2.82. The molecule has 6 heteroatoms. The van der Waals surface area contributed by atoms with Gasteiger partial charge in [-0.2, -0.15) is 5.10 Å². The second-order valence-electron chi connectivity index (χ2n) is 6.96. The lowest BCUT2D eigenvalue weighted by molar-refractivity contribution is 0.0956. The third-order valence-corrected chi connectivity index (χ3v) is 4.95. The molecule has 0 bridgehead atoms. The minimum absolute atomic E-state index is 0.0415. The van der Waals surface area contributed by atoms with Gasteiger partial charge in [0.1, 0.15) is 0 Å². The molecule has 6 nitrogen and oxygen atoms in total. The van der Waals surface area contributed by atoms with E-state index in [2.05, 4.69) is 10.5 Å². The van der Waals surface area contributed by atoms with Crippen LogP contribution in [-0.4, -0.2) is 28.8 Å². The Morgan fingerprint density at radius 2 is 1.74 bits per heavy atom. The SMILES string of the molecule is COc1cc(/C(C)=N\NC(=O)c2cc(-c3ccccc3)nc3ccccc23)ccc1O. The van der Waals surface area contributed by atoms with Crippen LogP contribution in [0.2, 0.25) is 0 Å². The van der Waals surface area contributed by atoms with E-state index in [0.717, 1.165) is 22.0 Å². The third kappa shape index (κ3) is 4.23. The number of hydrogen-bond donors (Lipinski definition) is 2. The minimum atomic E-state index is -0.333. The highest BCUT2D eigenvalue weighted by molar-refractivity contribution is 6.08. The molecule has 0 unspecified atom stereocenters. The number of phenolic OH excluding ortho intramolecular Hbond substituents is 1. The van der Waals surface area contributed by atoms with Gasteiger partial charge in [0.2, 0.25) is 0 Å². The van der Waals surface area contributed by atoms with Crippen LogP contribution in [0, 0.1) is 0 Å². The van der Waals surface area contributed by atoms with E-state index < -0.39 is 0 Å². The van der Waals surface area contributed by atoms with Gasteiger partial charge in [0.05, 0.1) is 29.6 Å². The number of aromatic nitrogens is 1. The number of nitrogens with zero attached hydrogens (tertiary/aromatic N) is 2. The fourth-order valence-corrected chi connectivity index (χ4v) is 3.28. The summed E-state index contributed by atoms with van der Waals surface area (Å²) in [7, 11) is 1.48. The second-order valence-corrected chi connectivity index (χ2v) is 6.96. The van der Waals surface area contributed by atoms with Crippen molar-refractivity contribution in [3.8, 4) is 22.8 Å². The molecule has 4 aromatic rings. The Balaban J connectivity index is 1.68. The lowest BCUT2D eigenvalue weighted by Crippen LogP contribution is -2.20. The van der Waals surface area contributed by atoms with Crippen LogP contribution >= 0.6 is 0 Å². The molecule has 4 rings (SSSR count). The molecule has 0 spiro atoms. The van der Waals surface area contributed by atoms with Crippen molar-refractivity contribution in [3.05, 3.63) is 90.0 Å². The van der Waals surface area contributed by atoms with E-state index in [0.29, 0.717) is 22.7 Å². The Bertz CT molecular complexity index is 1280. The fraction of sp³-hybridized carbons (Fsp3) is 0.0800. The van der Waals surface area contributed by atoms with E-state index in [4.69, 9.17) is 9.72 Å². The van der Waals surface area contributed by atoms with Crippen LogP contribution in [-0.2, 0) is 0 Å². The summed E-state index contributed by atoms with van der Waals surface area (Å²) >= 11 is 0. The van der Waals surface area contributed by atoms with Crippen LogP contribution in [0.25, 0.3) is 22.2 Å². The number of hydrazone groups is 1. The van der Waals surface area contributed by atoms with Gasteiger partial charge < -0.3 is 9.84 Å². The highest BCUT2D eigenvalue weighted by atomic mass is 16.5. The summed E-state index contributed by atoms with van der Waals surface area (Å²) in [4.78, 5) is 17.7. The first-order chi connectivity index (χ1) is 15.1. The van der Waals surface area contributed by atoms with E-state index in [-0.39, 0.29) is 11.7 Å². The molecule has 0 fully saturated rings. The zero-order valence-electron chi connectivity index (χ0n) is 17.2. The molecule has 2 N–H and O–H groups in total. The van der Waals surface area contributed by atoms with Gasteiger partial charge in [0, 0.05) is 16.5 Å². The zero-order chi connectivity index (χ0) is 21.8. The maximum absolute atomic E-state index is 13.0. The Kier molecular flexibility index (Phi) is 5.62. The van der Waals surface area contributed by atoms with Gasteiger partial charge in [-0.1, -0.05) is 48.5 Å². The first-order valence-corrected chi connectivity index (χ1v) is 9.74. The molecular weight excluding hydrogens is 390 g/mol. The molecule has 0 saturated heterocycles. The smallest absolute Gasteiger partial charge is 0.272 e. The normalized spacial score (nSPS) is 11.4. The largest absolute Gasteiger partial charge is 0.504 e.